The third kappa shape index (κ3) is 3.22. The molecule has 0 saturated carbocycles. The molecular formula is C34H28BN5. The highest BCUT2D eigenvalue weighted by Crippen LogP contribution is 2.47. The summed E-state index contributed by atoms with van der Waals surface area (Å²) in [7, 11) is 0. The average molecular weight is 517 g/mol. The maximum Gasteiger partial charge on any atom is 0.329 e. The van der Waals surface area contributed by atoms with Crippen molar-refractivity contribution >= 4 is 29.1 Å². The molecule has 0 radical (unpaired) electrons. The zero-order valence-electron chi connectivity index (χ0n) is 23.1. The molecule has 0 atom stereocenters. The maximum absolute atomic E-state index is 4.81. The van der Waals surface area contributed by atoms with E-state index in [9.17, 15) is 0 Å². The molecule has 6 heteroatoms. The molecule has 6 aromatic rings. The molecule has 4 heterocycles. The molecule has 192 valence electrons. The number of hydrogen-bond acceptors (Lipinski definition) is 3. The first-order chi connectivity index (χ1) is 19.5. The number of fused-ring (bicyclic) bond motifs is 11. The second-order valence-corrected chi connectivity index (χ2v) is 11.0. The van der Waals surface area contributed by atoms with Crippen LogP contribution in [0.15, 0.2) is 97.1 Å². The van der Waals surface area contributed by atoms with Crippen molar-refractivity contribution in [3.05, 3.63) is 120 Å². The number of hydrogen-bond donors (Lipinski definition) is 0. The lowest BCUT2D eigenvalue weighted by Gasteiger charge is -2.43. The summed E-state index contributed by atoms with van der Waals surface area (Å²) in [6, 6.07) is 35.5. The molecule has 4 aromatic carbocycles. The number of rotatable bonds is 2. The maximum atomic E-state index is 4.81. The molecule has 0 aliphatic carbocycles. The van der Waals surface area contributed by atoms with Gasteiger partial charge in [0.2, 0.25) is 0 Å². The van der Waals surface area contributed by atoms with E-state index in [1.807, 2.05) is 13.8 Å². The fraction of sp³-hybridized carbons (Fsp3) is 0.118. The number of benzene rings is 4. The van der Waals surface area contributed by atoms with Gasteiger partial charge in [-0.05, 0) is 86.1 Å². The predicted octanol–water partition coefficient (Wildman–Crippen LogP) is 6.20. The topological polar surface area (TPSA) is 38.9 Å². The summed E-state index contributed by atoms with van der Waals surface area (Å²) >= 11 is 0. The molecule has 2 aromatic heterocycles. The van der Waals surface area contributed by atoms with E-state index in [0.29, 0.717) is 0 Å². The molecule has 40 heavy (non-hydrogen) atoms. The van der Waals surface area contributed by atoms with Gasteiger partial charge >= 0.3 is 6.85 Å². The molecule has 0 bridgehead atoms. The predicted molar refractivity (Wildman–Crippen MR) is 164 cm³/mol. The van der Waals surface area contributed by atoms with Crippen LogP contribution in [0.5, 0.6) is 0 Å². The van der Waals surface area contributed by atoms with Crippen LogP contribution in [-0.2, 0) is 0 Å². The van der Waals surface area contributed by atoms with Gasteiger partial charge in [-0.1, -0.05) is 60.7 Å². The minimum atomic E-state index is 0.0545. The minimum Gasteiger partial charge on any atom is -0.376 e. The van der Waals surface area contributed by atoms with E-state index in [2.05, 4.69) is 125 Å². The van der Waals surface area contributed by atoms with Crippen molar-refractivity contribution in [3.63, 3.8) is 0 Å². The van der Waals surface area contributed by atoms with Crippen molar-refractivity contribution in [2.75, 3.05) is 4.81 Å². The first-order valence-electron chi connectivity index (χ1n) is 13.8. The highest BCUT2D eigenvalue weighted by molar-refractivity contribution is 6.92. The van der Waals surface area contributed by atoms with E-state index in [-0.39, 0.29) is 6.85 Å². The monoisotopic (exact) mass is 517 g/mol. The third-order valence-electron chi connectivity index (χ3n) is 8.34. The van der Waals surface area contributed by atoms with E-state index in [1.165, 1.54) is 44.6 Å². The summed E-state index contributed by atoms with van der Waals surface area (Å²) in [5.41, 5.74) is 16.5. The standard InChI is InChI=1S/C34H28BN5/c1-21-17-23(3)39(36-21)25-13-15-29-27-9-5-7-11-31(27)35-32-12-8-6-10-28(32)30-16-14-26(40-24(4)18-22(2)37-40)20-34(30)38(35)33(29)19-25/h5-20H,1-4H3. The molecule has 2 aliphatic heterocycles. The lowest BCUT2D eigenvalue weighted by atomic mass is 9.43. The number of aromatic nitrogens is 4. The smallest absolute Gasteiger partial charge is 0.329 e. The van der Waals surface area contributed by atoms with Crippen molar-refractivity contribution in [1.29, 1.82) is 0 Å². The summed E-state index contributed by atoms with van der Waals surface area (Å²) < 4.78 is 4.10. The molecule has 8 rings (SSSR count). The second-order valence-electron chi connectivity index (χ2n) is 11.0. The van der Waals surface area contributed by atoms with Gasteiger partial charge in [-0.3, -0.25) is 0 Å². The molecule has 0 amide bonds. The Labute approximate surface area is 234 Å². The van der Waals surface area contributed by atoms with Gasteiger partial charge in [0.05, 0.1) is 22.8 Å². The normalized spacial score (nSPS) is 12.9. The zero-order chi connectivity index (χ0) is 27.1. The minimum absolute atomic E-state index is 0.0545. The highest BCUT2D eigenvalue weighted by atomic mass is 15.3. The summed E-state index contributed by atoms with van der Waals surface area (Å²) in [5, 5.41) is 9.62. The second kappa shape index (κ2) is 8.33. The van der Waals surface area contributed by atoms with Gasteiger partial charge in [-0.15, -0.1) is 0 Å². The summed E-state index contributed by atoms with van der Waals surface area (Å²) in [6.45, 7) is 8.38. The van der Waals surface area contributed by atoms with Crippen LogP contribution in [-0.4, -0.2) is 26.4 Å². The SMILES string of the molecule is Cc1cc(C)n(-c2ccc3c(c2)N2B(c4ccccc4-3)c3ccccc3-c3ccc(-n4nc(C)cc4C)cc32)n1. The van der Waals surface area contributed by atoms with Crippen molar-refractivity contribution in [2.24, 2.45) is 0 Å². The lowest BCUT2D eigenvalue weighted by Crippen LogP contribution is -2.59. The third-order valence-corrected chi connectivity index (χ3v) is 8.34. The lowest BCUT2D eigenvalue weighted by molar-refractivity contribution is 0.833. The van der Waals surface area contributed by atoms with Crippen LogP contribution in [0.1, 0.15) is 22.8 Å². The van der Waals surface area contributed by atoms with Gasteiger partial charge in [-0.2, -0.15) is 10.2 Å². The number of nitrogens with zero attached hydrogens (tertiary/aromatic N) is 5. The molecule has 0 saturated heterocycles. The van der Waals surface area contributed by atoms with Gasteiger partial charge in [0.25, 0.3) is 0 Å². The van der Waals surface area contributed by atoms with Crippen LogP contribution < -0.4 is 15.7 Å². The molecular weight excluding hydrogens is 489 g/mol. The van der Waals surface area contributed by atoms with Crippen LogP contribution in [0.4, 0.5) is 11.4 Å². The number of aryl methyl sites for hydroxylation is 4. The molecule has 2 aliphatic rings. The van der Waals surface area contributed by atoms with Crippen molar-refractivity contribution in [2.45, 2.75) is 27.7 Å². The van der Waals surface area contributed by atoms with E-state index in [1.54, 1.807) is 0 Å². The molecule has 0 N–H and O–H groups in total. The summed E-state index contributed by atoms with van der Waals surface area (Å²) in [5.74, 6) is 0. The Morgan fingerprint density at radius 1 is 0.500 bits per heavy atom. The van der Waals surface area contributed by atoms with Crippen molar-refractivity contribution in [1.82, 2.24) is 19.6 Å². The average Bonchev–Trinajstić information content (AvgIpc) is 3.50. The number of anilines is 2. The molecule has 0 spiro atoms. The molecule has 0 fully saturated rings. The first-order valence-corrected chi connectivity index (χ1v) is 13.8. The van der Waals surface area contributed by atoms with Gasteiger partial charge in [0, 0.05) is 33.9 Å². The van der Waals surface area contributed by atoms with E-state index in [4.69, 9.17) is 10.2 Å². The Hall–Kier alpha value is -4.84. The van der Waals surface area contributed by atoms with Crippen LogP contribution >= 0.6 is 0 Å². The van der Waals surface area contributed by atoms with Crippen LogP contribution in [0.3, 0.4) is 0 Å². The van der Waals surface area contributed by atoms with Gasteiger partial charge < -0.3 is 4.81 Å². The molecule has 5 nitrogen and oxygen atoms in total. The molecule has 0 unspecified atom stereocenters. The van der Waals surface area contributed by atoms with Crippen molar-refractivity contribution < 1.29 is 0 Å². The van der Waals surface area contributed by atoms with E-state index in [0.717, 1.165) is 34.2 Å². The Morgan fingerprint density at radius 2 is 0.950 bits per heavy atom. The van der Waals surface area contributed by atoms with Crippen LogP contribution in [0, 0.1) is 27.7 Å². The van der Waals surface area contributed by atoms with Gasteiger partial charge in [-0.25, -0.2) is 9.36 Å². The van der Waals surface area contributed by atoms with Crippen LogP contribution in [0.25, 0.3) is 33.6 Å². The quantitative estimate of drug-likeness (QED) is 0.257. The fourth-order valence-corrected chi connectivity index (χ4v) is 6.75. The Kier molecular flexibility index (Phi) is 4.81. The highest BCUT2D eigenvalue weighted by Gasteiger charge is 2.42. The summed E-state index contributed by atoms with van der Waals surface area (Å²) in [6.07, 6.45) is 0. The Balaban J connectivity index is 1.44. The van der Waals surface area contributed by atoms with Gasteiger partial charge in [0.15, 0.2) is 0 Å². The Morgan fingerprint density at radius 3 is 1.38 bits per heavy atom. The summed E-state index contributed by atoms with van der Waals surface area (Å²) in [4.78, 5) is 2.54. The first kappa shape index (κ1) is 23.1. The van der Waals surface area contributed by atoms with Gasteiger partial charge in [0.1, 0.15) is 0 Å². The van der Waals surface area contributed by atoms with E-state index < -0.39 is 0 Å². The fourth-order valence-electron chi connectivity index (χ4n) is 6.75. The van der Waals surface area contributed by atoms with Crippen molar-refractivity contribution in [3.8, 4) is 33.6 Å². The Bertz CT molecular complexity index is 1840. The largest absolute Gasteiger partial charge is 0.376 e. The zero-order valence-corrected chi connectivity index (χ0v) is 23.1. The van der Waals surface area contributed by atoms with E-state index >= 15 is 0 Å². The van der Waals surface area contributed by atoms with Crippen LogP contribution in [0.2, 0.25) is 0 Å².